The van der Waals surface area contributed by atoms with E-state index < -0.39 is 30.2 Å². The van der Waals surface area contributed by atoms with Crippen molar-refractivity contribution in [3.63, 3.8) is 0 Å². The molecule has 0 saturated heterocycles. The number of nitrogens with one attached hydrogen (secondary N) is 1. The van der Waals surface area contributed by atoms with E-state index in [0.29, 0.717) is 0 Å². The monoisotopic (exact) mass is 287 g/mol. The van der Waals surface area contributed by atoms with Gasteiger partial charge >= 0.3 is 0 Å². The third-order valence-electron chi connectivity index (χ3n) is 2.09. The van der Waals surface area contributed by atoms with Crippen molar-refractivity contribution in [2.75, 3.05) is 12.8 Å². The molecule has 2 atom stereocenters. The van der Waals surface area contributed by atoms with E-state index in [1.807, 2.05) is 0 Å². The fourth-order valence-electron chi connectivity index (χ4n) is 1.19. The highest BCUT2D eigenvalue weighted by Crippen LogP contribution is 2.39. The summed E-state index contributed by atoms with van der Waals surface area (Å²) in [5, 5.41) is 6.51. The largest absolute Gasteiger partial charge is 0.302 e. The summed E-state index contributed by atoms with van der Waals surface area (Å²) in [7, 11) is -7.37. The van der Waals surface area contributed by atoms with Crippen LogP contribution in [-0.4, -0.2) is 33.8 Å². The van der Waals surface area contributed by atoms with E-state index in [1.165, 1.54) is 11.5 Å². The van der Waals surface area contributed by atoms with Crippen LogP contribution in [0.4, 0.5) is 0 Å². The minimum atomic E-state index is -3.98. The molecule has 1 aliphatic heterocycles. The summed E-state index contributed by atoms with van der Waals surface area (Å²) in [4.78, 5) is 0. The maximum atomic E-state index is 11.3. The quantitative estimate of drug-likeness (QED) is 0.565. The molecule has 0 aromatic heterocycles. The fraction of sp³-hybridized carbons (Fsp3) is 0.667. The number of hydrogen-bond donors (Lipinski definition) is 3. The van der Waals surface area contributed by atoms with Gasteiger partial charge in [0, 0.05) is 12.5 Å². The summed E-state index contributed by atoms with van der Waals surface area (Å²) in [6.45, 7) is -0.102. The molecule has 1 heterocycles. The van der Waals surface area contributed by atoms with Gasteiger partial charge in [0.2, 0.25) is 20.0 Å². The van der Waals surface area contributed by atoms with E-state index in [0.717, 1.165) is 18.0 Å². The van der Waals surface area contributed by atoms with Crippen molar-refractivity contribution in [3.8, 4) is 0 Å². The summed E-state index contributed by atoms with van der Waals surface area (Å²) in [5.41, 5.74) is 5.66. The Morgan fingerprint density at radius 1 is 1.44 bits per heavy atom. The molecule has 7 nitrogen and oxygen atoms in total. The highest BCUT2D eigenvalue weighted by atomic mass is 32.3. The van der Waals surface area contributed by atoms with Gasteiger partial charge in [-0.3, -0.25) is 0 Å². The van der Waals surface area contributed by atoms with Gasteiger partial charge in [0.15, 0.2) is 4.20 Å². The molecule has 0 fully saturated rings. The molecule has 0 aliphatic carbocycles. The van der Waals surface area contributed by atoms with Gasteiger partial charge < -0.3 is 5.73 Å². The molecule has 2 unspecified atom stereocenters. The zero-order valence-electron chi connectivity index (χ0n) is 8.45. The van der Waals surface area contributed by atoms with Crippen LogP contribution in [0.3, 0.4) is 0 Å². The molecular formula is C6H13N3O4S3. The van der Waals surface area contributed by atoms with Crippen LogP contribution in [0.1, 0.15) is 0 Å². The molecule has 0 spiro atoms. The summed E-state index contributed by atoms with van der Waals surface area (Å²) in [6, 6.07) is 0. The predicted molar refractivity (Wildman–Crippen MR) is 63.1 cm³/mol. The van der Waals surface area contributed by atoms with Crippen LogP contribution in [0, 0.1) is 5.92 Å². The van der Waals surface area contributed by atoms with E-state index in [2.05, 4.69) is 4.72 Å². The number of rotatable bonds is 4. The SMILES string of the molecule is CS(=O)(=O)NCC1C=CSC1(N)S(N)(=O)=O. The molecule has 1 aliphatic rings. The Morgan fingerprint density at radius 3 is 2.44 bits per heavy atom. The molecule has 16 heavy (non-hydrogen) atoms. The van der Waals surface area contributed by atoms with Crippen molar-refractivity contribution in [3.05, 3.63) is 11.5 Å². The number of hydrogen-bond acceptors (Lipinski definition) is 6. The Morgan fingerprint density at radius 2 is 2.00 bits per heavy atom. The highest BCUT2D eigenvalue weighted by molar-refractivity contribution is 8.15. The summed E-state index contributed by atoms with van der Waals surface area (Å²) >= 11 is 0.860. The lowest BCUT2D eigenvalue weighted by atomic mass is 10.1. The zero-order valence-corrected chi connectivity index (χ0v) is 10.9. The second-order valence-electron chi connectivity index (χ2n) is 3.44. The summed E-state index contributed by atoms with van der Waals surface area (Å²) in [5.74, 6) is -0.692. The Kier molecular flexibility index (Phi) is 3.72. The number of primary sulfonamides is 1. The molecule has 0 saturated carbocycles. The van der Waals surface area contributed by atoms with E-state index in [1.54, 1.807) is 0 Å². The second-order valence-corrected chi connectivity index (χ2v) is 8.48. The Hall–Kier alpha value is -0.130. The van der Waals surface area contributed by atoms with Crippen molar-refractivity contribution in [1.29, 1.82) is 0 Å². The highest BCUT2D eigenvalue weighted by Gasteiger charge is 2.47. The van der Waals surface area contributed by atoms with Gasteiger partial charge in [-0.1, -0.05) is 17.8 Å². The van der Waals surface area contributed by atoms with Gasteiger partial charge in [-0.25, -0.2) is 26.7 Å². The fourth-order valence-corrected chi connectivity index (χ4v) is 3.78. The van der Waals surface area contributed by atoms with Gasteiger partial charge in [-0.05, 0) is 5.41 Å². The summed E-state index contributed by atoms with van der Waals surface area (Å²) < 4.78 is 44.9. The van der Waals surface area contributed by atoms with E-state index in [4.69, 9.17) is 10.9 Å². The molecule has 10 heteroatoms. The molecule has 0 amide bonds. The first-order valence-corrected chi connectivity index (χ1v) is 8.48. The van der Waals surface area contributed by atoms with Crippen LogP contribution in [-0.2, 0) is 20.0 Å². The molecule has 0 aromatic carbocycles. The third-order valence-corrected chi connectivity index (χ3v) is 5.92. The minimum Gasteiger partial charge on any atom is -0.302 e. The van der Waals surface area contributed by atoms with Gasteiger partial charge in [-0.2, -0.15) is 0 Å². The van der Waals surface area contributed by atoms with Crippen LogP contribution in [0.2, 0.25) is 0 Å². The molecular weight excluding hydrogens is 274 g/mol. The van der Waals surface area contributed by atoms with Gasteiger partial charge in [0.05, 0.1) is 6.26 Å². The lowest BCUT2D eigenvalue weighted by Crippen LogP contribution is -2.54. The molecule has 1 rings (SSSR count). The van der Waals surface area contributed by atoms with Crippen LogP contribution in [0.5, 0.6) is 0 Å². The number of thioether (sulfide) groups is 1. The van der Waals surface area contributed by atoms with Crippen LogP contribution >= 0.6 is 11.8 Å². The standard InChI is InChI=1S/C6H13N3O4S3/c1-15(10,11)9-4-5-2-3-14-6(5,7)16(8,12)13/h2-3,5,9H,4,7H2,1H3,(H2,8,12,13). The average Bonchev–Trinajstić information content (AvgIpc) is 2.42. The molecule has 0 aromatic rings. The first-order valence-electron chi connectivity index (χ1n) is 4.16. The maximum absolute atomic E-state index is 11.3. The molecule has 0 radical (unpaired) electrons. The van der Waals surface area contributed by atoms with E-state index >= 15 is 0 Å². The molecule has 94 valence electrons. The van der Waals surface area contributed by atoms with Gasteiger partial charge in [-0.15, -0.1) is 0 Å². The smallest absolute Gasteiger partial charge is 0.238 e. The Bertz CT molecular complexity index is 497. The minimum absolute atomic E-state index is 0.102. The average molecular weight is 287 g/mol. The van der Waals surface area contributed by atoms with Crippen molar-refractivity contribution < 1.29 is 16.8 Å². The van der Waals surface area contributed by atoms with E-state index in [-0.39, 0.29) is 6.54 Å². The summed E-state index contributed by atoms with van der Waals surface area (Å²) in [6.07, 6.45) is 2.50. The van der Waals surface area contributed by atoms with Crippen LogP contribution < -0.4 is 15.6 Å². The normalized spacial score (nSPS) is 30.8. The van der Waals surface area contributed by atoms with Crippen molar-refractivity contribution in [2.45, 2.75) is 4.20 Å². The molecule has 0 bridgehead atoms. The van der Waals surface area contributed by atoms with Crippen molar-refractivity contribution >= 4 is 31.8 Å². The lowest BCUT2D eigenvalue weighted by molar-refractivity contribution is 0.512. The lowest BCUT2D eigenvalue weighted by Gasteiger charge is -2.27. The van der Waals surface area contributed by atoms with Crippen molar-refractivity contribution in [2.24, 2.45) is 16.8 Å². The van der Waals surface area contributed by atoms with Gasteiger partial charge in [0.1, 0.15) is 0 Å². The topological polar surface area (TPSA) is 132 Å². The Labute approximate surface area is 98.7 Å². The van der Waals surface area contributed by atoms with Gasteiger partial charge in [0.25, 0.3) is 0 Å². The Balaban J connectivity index is 2.85. The van der Waals surface area contributed by atoms with Crippen molar-refractivity contribution in [1.82, 2.24) is 4.72 Å². The van der Waals surface area contributed by atoms with Crippen LogP contribution in [0.25, 0.3) is 0 Å². The van der Waals surface area contributed by atoms with Crippen LogP contribution in [0.15, 0.2) is 11.5 Å². The zero-order chi connectivity index (χ0) is 12.6. The first kappa shape index (κ1) is 13.9. The van der Waals surface area contributed by atoms with E-state index in [9.17, 15) is 16.8 Å². The second kappa shape index (κ2) is 4.27. The molecule has 5 N–H and O–H groups in total. The first-order chi connectivity index (χ1) is 7.06. The number of sulfonamides is 2. The number of nitrogens with two attached hydrogens (primary N) is 2. The predicted octanol–water partition coefficient (Wildman–Crippen LogP) is -1.69. The maximum Gasteiger partial charge on any atom is 0.238 e. The third kappa shape index (κ3) is 2.96.